The SMILES string of the molecule is COC(=O)c1cc(C=NC2CCC(CCO)CC2)c(N)cc1OC1CC1. The van der Waals surface area contributed by atoms with Crippen molar-refractivity contribution in [1.82, 2.24) is 0 Å². The highest BCUT2D eigenvalue weighted by Gasteiger charge is 2.27. The number of aliphatic hydroxyl groups is 1. The summed E-state index contributed by atoms with van der Waals surface area (Å²) in [4.78, 5) is 16.8. The summed E-state index contributed by atoms with van der Waals surface area (Å²) in [5.74, 6) is 0.666. The van der Waals surface area contributed by atoms with E-state index in [-0.39, 0.29) is 18.8 Å². The van der Waals surface area contributed by atoms with Crippen LogP contribution in [0.1, 0.15) is 60.9 Å². The minimum absolute atomic E-state index is 0.173. The zero-order chi connectivity index (χ0) is 18.5. The number of carbonyl (C=O) groups is 1. The predicted molar refractivity (Wildman–Crippen MR) is 101 cm³/mol. The maximum absolute atomic E-state index is 12.1. The van der Waals surface area contributed by atoms with Crippen molar-refractivity contribution in [1.29, 1.82) is 0 Å². The van der Waals surface area contributed by atoms with E-state index >= 15 is 0 Å². The normalized spacial score (nSPS) is 23.2. The molecule has 2 fully saturated rings. The third-order valence-corrected chi connectivity index (χ3v) is 5.19. The Bertz CT molecular complexity index is 662. The molecule has 2 saturated carbocycles. The van der Waals surface area contributed by atoms with Crippen LogP contribution in [0.15, 0.2) is 17.1 Å². The minimum atomic E-state index is -0.431. The van der Waals surface area contributed by atoms with Gasteiger partial charge in [-0.1, -0.05) is 0 Å². The van der Waals surface area contributed by atoms with Crippen molar-refractivity contribution in [3.63, 3.8) is 0 Å². The number of hydrogen-bond acceptors (Lipinski definition) is 6. The van der Waals surface area contributed by atoms with Crippen molar-refractivity contribution in [3.05, 3.63) is 23.3 Å². The fourth-order valence-corrected chi connectivity index (χ4v) is 3.41. The summed E-state index contributed by atoms with van der Waals surface area (Å²) in [6, 6.07) is 3.68. The second-order valence-electron chi connectivity index (χ2n) is 7.25. The highest BCUT2D eigenvalue weighted by molar-refractivity contribution is 5.97. The molecule has 0 heterocycles. The Kier molecular flexibility index (Phi) is 6.14. The highest BCUT2D eigenvalue weighted by Crippen LogP contribution is 2.33. The molecular formula is C20H28N2O4. The molecule has 26 heavy (non-hydrogen) atoms. The number of esters is 1. The van der Waals surface area contributed by atoms with E-state index in [0.29, 0.717) is 28.5 Å². The molecule has 6 nitrogen and oxygen atoms in total. The Hall–Kier alpha value is -2.08. The van der Waals surface area contributed by atoms with Crippen LogP contribution in [-0.4, -0.2) is 43.2 Å². The number of benzene rings is 1. The van der Waals surface area contributed by atoms with Gasteiger partial charge in [0.1, 0.15) is 11.3 Å². The fraction of sp³-hybridized carbons (Fsp3) is 0.600. The van der Waals surface area contributed by atoms with E-state index < -0.39 is 5.97 Å². The number of nitrogen functional groups attached to an aromatic ring is 1. The molecule has 6 heteroatoms. The van der Waals surface area contributed by atoms with Gasteiger partial charge in [0.05, 0.1) is 13.2 Å². The molecule has 0 bridgehead atoms. The first-order chi connectivity index (χ1) is 12.6. The fourth-order valence-electron chi connectivity index (χ4n) is 3.41. The molecule has 1 aromatic carbocycles. The quantitative estimate of drug-likeness (QED) is 0.443. The number of rotatable bonds is 7. The largest absolute Gasteiger partial charge is 0.489 e. The van der Waals surface area contributed by atoms with Crippen molar-refractivity contribution < 1.29 is 19.4 Å². The van der Waals surface area contributed by atoms with Crippen molar-refractivity contribution in [2.24, 2.45) is 10.9 Å². The van der Waals surface area contributed by atoms with Crippen molar-refractivity contribution >= 4 is 17.9 Å². The van der Waals surface area contributed by atoms with Crippen LogP contribution in [0.5, 0.6) is 5.75 Å². The zero-order valence-corrected chi connectivity index (χ0v) is 15.3. The van der Waals surface area contributed by atoms with Crippen LogP contribution >= 0.6 is 0 Å². The summed E-state index contributed by atoms with van der Waals surface area (Å²) < 4.78 is 10.7. The van der Waals surface area contributed by atoms with E-state index in [1.807, 2.05) is 0 Å². The second kappa shape index (κ2) is 8.54. The van der Waals surface area contributed by atoms with Crippen LogP contribution in [0.3, 0.4) is 0 Å². The number of ether oxygens (including phenoxy) is 2. The molecule has 3 N–H and O–H groups in total. The van der Waals surface area contributed by atoms with Crippen molar-refractivity contribution in [2.75, 3.05) is 19.5 Å². The van der Waals surface area contributed by atoms with E-state index in [9.17, 15) is 4.79 Å². The molecule has 142 valence electrons. The lowest BCUT2D eigenvalue weighted by Crippen LogP contribution is -2.18. The summed E-state index contributed by atoms with van der Waals surface area (Å²) in [7, 11) is 1.36. The van der Waals surface area contributed by atoms with E-state index in [2.05, 4.69) is 4.99 Å². The number of carbonyl (C=O) groups excluding carboxylic acids is 1. The molecule has 0 aliphatic heterocycles. The summed E-state index contributed by atoms with van der Waals surface area (Å²) >= 11 is 0. The van der Waals surface area contributed by atoms with Crippen LogP contribution in [0, 0.1) is 5.92 Å². The third-order valence-electron chi connectivity index (χ3n) is 5.19. The number of aliphatic imine (C=N–C) groups is 1. The molecule has 0 aromatic heterocycles. The molecule has 0 amide bonds. The summed E-state index contributed by atoms with van der Waals surface area (Å²) in [5, 5.41) is 9.05. The first-order valence-corrected chi connectivity index (χ1v) is 9.43. The molecule has 0 saturated heterocycles. The zero-order valence-electron chi connectivity index (χ0n) is 15.3. The van der Waals surface area contributed by atoms with Crippen LogP contribution in [0.2, 0.25) is 0 Å². The molecule has 0 radical (unpaired) electrons. The number of hydrogen-bond donors (Lipinski definition) is 2. The highest BCUT2D eigenvalue weighted by atomic mass is 16.5. The Morgan fingerprint density at radius 2 is 2.00 bits per heavy atom. The lowest BCUT2D eigenvalue weighted by Gasteiger charge is -2.25. The Labute approximate surface area is 154 Å². The van der Waals surface area contributed by atoms with Crippen molar-refractivity contribution in [2.45, 2.75) is 57.1 Å². The summed E-state index contributed by atoms with van der Waals surface area (Å²) in [6.45, 7) is 0.265. The smallest absolute Gasteiger partial charge is 0.341 e. The second-order valence-corrected chi connectivity index (χ2v) is 7.25. The maximum atomic E-state index is 12.1. The Morgan fingerprint density at radius 1 is 1.27 bits per heavy atom. The van der Waals surface area contributed by atoms with Crippen LogP contribution < -0.4 is 10.5 Å². The first kappa shape index (κ1) is 18.7. The molecule has 0 atom stereocenters. The lowest BCUT2D eigenvalue weighted by molar-refractivity contribution is 0.0595. The number of aliphatic hydroxyl groups excluding tert-OH is 1. The van der Waals surface area contributed by atoms with Gasteiger partial charge in [-0.25, -0.2) is 4.79 Å². The van der Waals surface area contributed by atoms with E-state index in [4.69, 9.17) is 20.3 Å². The van der Waals surface area contributed by atoms with Gasteiger partial charge in [-0.2, -0.15) is 0 Å². The summed E-state index contributed by atoms with van der Waals surface area (Å²) in [5.41, 5.74) is 7.81. The van der Waals surface area contributed by atoms with Gasteiger partial charge in [-0.05, 0) is 56.9 Å². The topological polar surface area (TPSA) is 94.1 Å². The average Bonchev–Trinajstić information content (AvgIpc) is 3.46. The number of nitrogens with zero attached hydrogens (tertiary/aromatic N) is 1. The Balaban J connectivity index is 1.71. The molecule has 2 aliphatic carbocycles. The van der Waals surface area contributed by atoms with Gasteiger partial charge in [0.2, 0.25) is 0 Å². The van der Waals surface area contributed by atoms with Gasteiger partial charge in [0.15, 0.2) is 0 Å². The van der Waals surface area contributed by atoms with E-state index in [0.717, 1.165) is 44.9 Å². The van der Waals surface area contributed by atoms with Gasteiger partial charge < -0.3 is 20.3 Å². The predicted octanol–water partition coefficient (Wildman–Crippen LogP) is 2.96. The van der Waals surface area contributed by atoms with E-state index in [1.54, 1.807) is 18.3 Å². The maximum Gasteiger partial charge on any atom is 0.341 e. The molecule has 2 aliphatic rings. The molecule has 0 spiro atoms. The minimum Gasteiger partial charge on any atom is -0.489 e. The van der Waals surface area contributed by atoms with Crippen molar-refractivity contribution in [3.8, 4) is 5.75 Å². The molecule has 1 aromatic rings. The van der Waals surface area contributed by atoms with Gasteiger partial charge in [0.25, 0.3) is 0 Å². The van der Waals surface area contributed by atoms with Gasteiger partial charge in [0, 0.05) is 36.2 Å². The van der Waals surface area contributed by atoms with Gasteiger partial charge >= 0.3 is 5.97 Å². The van der Waals surface area contributed by atoms with Gasteiger partial charge in [-0.15, -0.1) is 0 Å². The molecule has 3 rings (SSSR count). The lowest BCUT2D eigenvalue weighted by atomic mass is 9.84. The molecular weight excluding hydrogens is 332 g/mol. The first-order valence-electron chi connectivity index (χ1n) is 9.43. The van der Waals surface area contributed by atoms with Crippen LogP contribution in [-0.2, 0) is 4.74 Å². The van der Waals surface area contributed by atoms with Crippen LogP contribution in [0.25, 0.3) is 0 Å². The monoisotopic (exact) mass is 360 g/mol. The average molecular weight is 360 g/mol. The number of anilines is 1. The standard InChI is InChI=1S/C20H28N2O4/c1-25-20(24)17-10-14(18(21)11-19(17)26-16-6-7-16)12-22-15-4-2-13(3-5-15)8-9-23/h10-13,15-16,23H,2-9,21H2,1H3. The van der Waals surface area contributed by atoms with Gasteiger partial charge in [-0.3, -0.25) is 4.99 Å². The molecule has 0 unspecified atom stereocenters. The third kappa shape index (κ3) is 4.75. The summed E-state index contributed by atoms with van der Waals surface area (Å²) in [6.07, 6.45) is 9.06. The number of nitrogens with two attached hydrogens (primary N) is 1. The Morgan fingerprint density at radius 3 is 2.62 bits per heavy atom. The van der Waals surface area contributed by atoms with E-state index in [1.165, 1.54) is 7.11 Å². The number of methoxy groups -OCH3 is 1. The van der Waals surface area contributed by atoms with Crippen LogP contribution in [0.4, 0.5) is 5.69 Å².